The predicted octanol–water partition coefficient (Wildman–Crippen LogP) is 1.10. The van der Waals surface area contributed by atoms with Gasteiger partial charge in [-0.2, -0.15) is 5.10 Å². The first-order chi connectivity index (χ1) is 9.78. The van der Waals surface area contributed by atoms with E-state index in [4.69, 9.17) is 9.47 Å². The van der Waals surface area contributed by atoms with Gasteiger partial charge in [-0.15, -0.1) is 0 Å². The summed E-state index contributed by atoms with van der Waals surface area (Å²) in [6, 6.07) is 5.22. The van der Waals surface area contributed by atoms with E-state index >= 15 is 0 Å². The normalized spacial score (nSPS) is 15.4. The standard InChI is InChI=1S/C13H13N3O4/c1-18-12(17)10-4-5-16(15-10)11-3-2-9(8-14-11)13-19-6-7-20-13/h2-5,8,13H,6-7H2,1H3. The second kappa shape index (κ2) is 5.40. The lowest BCUT2D eigenvalue weighted by atomic mass is 10.3. The minimum atomic E-state index is -0.479. The fourth-order valence-electron chi connectivity index (χ4n) is 1.89. The van der Waals surface area contributed by atoms with Gasteiger partial charge >= 0.3 is 5.97 Å². The van der Waals surface area contributed by atoms with Crippen molar-refractivity contribution in [1.29, 1.82) is 0 Å². The molecule has 0 aliphatic carbocycles. The van der Waals surface area contributed by atoms with Crippen LogP contribution in [0.4, 0.5) is 0 Å². The zero-order chi connectivity index (χ0) is 13.9. The lowest BCUT2D eigenvalue weighted by Crippen LogP contribution is -2.05. The second-order valence-electron chi connectivity index (χ2n) is 4.16. The highest BCUT2D eigenvalue weighted by atomic mass is 16.7. The maximum Gasteiger partial charge on any atom is 0.358 e. The Labute approximate surface area is 115 Å². The third kappa shape index (κ3) is 2.40. The fourth-order valence-corrected chi connectivity index (χ4v) is 1.89. The lowest BCUT2D eigenvalue weighted by molar-refractivity contribution is -0.0443. The summed E-state index contributed by atoms with van der Waals surface area (Å²) < 4.78 is 16.9. The molecule has 0 radical (unpaired) electrons. The Bertz CT molecular complexity index is 602. The summed E-state index contributed by atoms with van der Waals surface area (Å²) in [6.07, 6.45) is 2.97. The molecular formula is C13H13N3O4. The Hall–Kier alpha value is -2.25. The molecule has 3 heterocycles. The second-order valence-corrected chi connectivity index (χ2v) is 4.16. The molecule has 1 saturated heterocycles. The van der Waals surface area contributed by atoms with Gasteiger partial charge in [-0.1, -0.05) is 0 Å². The van der Waals surface area contributed by atoms with Crippen molar-refractivity contribution in [1.82, 2.24) is 14.8 Å². The number of hydrogen-bond donors (Lipinski definition) is 0. The first-order valence-corrected chi connectivity index (χ1v) is 6.11. The molecule has 0 atom stereocenters. The number of pyridine rings is 1. The molecule has 3 rings (SSSR count). The first-order valence-electron chi connectivity index (χ1n) is 6.11. The van der Waals surface area contributed by atoms with Gasteiger partial charge in [0.2, 0.25) is 0 Å². The van der Waals surface area contributed by atoms with Crippen LogP contribution in [0.5, 0.6) is 0 Å². The molecule has 0 bridgehead atoms. The van der Waals surface area contributed by atoms with Crippen LogP contribution in [-0.2, 0) is 14.2 Å². The van der Waals surface area contributed by atoms with Crippen LogP contribution in [0, 0.1) is 0 Å². The van der Waals surface area contributed by atoms with Gasteiger partial charge in [-0.05, 0) is 18.2 Å². The largest absolute Gasteiger partial charge is 0.464 e. The number of methoxy groups -OCH3 is 1. The maximum absolute atomic E-state index is 11.3. The van der Waals surface area contributed by atoms with Gasteiger partial charge in [0.25, 0.3) is 0 Å². The monoisotopic (exact) mass is 275 g/mol. The Kier molecular flexibility index (Phi) is 3.44. The van der Waals surface area contributed by atoms with E-state index in [0.29, 0.717) is 19.0 Å². The van der Waals surface area contributed by atoms with Gasteiger partial charge in [0.1, 0.15) is 0 Å². The predicted molar refractivity (Wildman–Crippen MR) is 67.3 cm³/mol. The molecular weight excluding hydrogens is 262 g/mol. The summed E-state index contributed by atoms with van der Waals surface area (Å²) >= 11 is 0. The van der Waals surface area contributed by atoms with Gasteiger partial charge < -0.3 is 14.2 Å². The highest BCUT2D eigenvalue weighted by Crippen LogP contribution is 2.22. The molecule has 7 nitrogen and oxygen atoms in total. The SMILES string of the molecule is COC(=O)c1ccn(-c2ccc(C3OCCO3)cn2)n1. The summed E-state index contributed by atoms with van der Waals surface area (Å²) in [4.78, 5) is 15.6. The van der Waals surface area contributed by atoms with Gasteiger partial charge in [-0.25, -0.2) is 14.5 Å². The van der Waals surface area contributed by atoms with Crippen molar-refractivity contribution in [2.45, 2.75) is 6.29 Å². The summed E-state index contributed by atoms with van der Waals surface area (Å²) in [5.74, 6) is 0.120. The van der Waals surface area contributed by atoms with Crippen LogP contribution in [0.3, 0.4) is 0 Å². The number of aromatic nitrogens is 3. The number of carbonyl (C=O) groups is 1. The van der Waals surface area contributed by atoms with Crippen LogP contribution in [-0.4, -0.2) is 41.1 Å². The average molecular weight is 275 g/mol. The van der Waals surface area contributed by atoms with Crippen LogP contribution >= 0.6 is 0 Å². The van der Waals surface area contributed by atoms with E-state index < -0.39 is 5.97 Å². The third-order valence-electron chi connectivity index (χ3n) is 2.88. The smallest absolute Gasteiger partial charge is 0.358 e. The number of carbonyl (C=O) groups excluding carboxylic acids is 1. The Balaban J connectivity index is 1.80. The Morgan fingerprint density at radius 2 is 2.15 bits per heavy atom. The zero-order valence-electron chi connectivity index (χ0n) is 10.9. The van der Waals surface area contributed by atoms with Crippen LogP contribution in [0.2, 0.25) is 0 Å². The number of esters is 1. The summed E-state index contributed by atoms with van der Waals surface area (Å²) in [7, 11) is 1.32. The topological polar surface area (TPSA) is 75.5 Å². The zero-order valence-corrected chi connectivity index (χ0v) is 10.9. The van der Waals surface area contributed by atoms with E-state index in [1.807, 2.05) is 6.07 Å². The van der Waals surface area contributed by atoms with Crippen molar-refractivity contribution in [3.8, 4) is 5.82 Å². The van der Waals surface area contributed by atoms with E-state index in [1.165, 1.54) is 11.8 Å². The molecule has 2 aromatic rings. The van der Waals surface area contributed by atoms with Crippen molar-refractivity contribution in [3.05, 3.63) is 41.9 Å². The van der Waals surface area contributed by atoms with Crippen LogP contribution in [0.15, 0.2) is 30.6 Å². The molecule has 2 aromatic heterocycles. The first kappa shape index (κ1) is 12.8. The Morgan fingerprint density at radius 1 is 1.35 bits per heavy atom. The third-order valence-corrected chi connectivity index (χ3v) is 2.88. The van der Waals surface area contributed by atoms with E-state index in [1.54, 1.807) is 24.5 Å². The van der Waals surface area contributed by atoms with Crippen molar-refractivity contribution >= 4 is 5.97 Å². The van der Waals surface area contributed by atoms with Crippen molar-refractivity contribution < 1.29 is 19.0 Å². The molecule has 0 aromatic carbocycles. The number of ether oxygens (including phenoxy) is 3. The minimum absolute atomic E-state index is 0.237. The fraction of sp³-hybridized carbons (Fsp3) is 0.308. The molecule has 0 spiro atoms. The van der Waals surface area contributed by atoms with E-state index in [-0.39, 0.29) is 12.0 Å². The van der Waals surface area contributed by atoms with Gasteiger partial charge in [-0.3, -0.25) is 0 Å². The molecule has 20 heavy (non-hydrogen) atoms. The molecule has 1 fully saturated rings. The summed E-state index contributed by atoms with van der Waals surface area (Å²) in [5.41, 5.74) is 1.09. The average Bonchev–Trinajstić information content (AvgIpc) is 3.18. The van der Waals surface area contributed by atoms with E-state index in [0.717, 1.165) is 5.56 Å². The van der Waals surface area contributed by atoms with Crippen LogP contribution in [0.1, 0.15) is 22.3 Å². The molecule has 104 valence electrons. The van der Waals surface area contributed by atoms with E-state index in [2.05, 4.69) is 14.8 Å². The number of rotatable bonds is 3. The van der Waals surface area contributed by atoms with Crippen molar-refractivity contribution in [2.75, 3.05) is 20.3 Å². The molecule has 1 aliphatic rings. The van der Waals surface area contributed by atoms with E-state index in [9.17, 15) is 4.79 Å². The van der Waals surface area contributed by atoms with Crippen molar-refractivity contribution in [2.24, 2.45) is 0 Å². The molecule has 1 aliphatic heterocycles. The summed E-state index contributed by atoms with van der Waals surface area (Å²) in [6.45, 7) is 1.18. The minimum Gasteiger partial charge on any atom is -0.464 e. The molecule has 0 N–H and O–H groups in total. The molecule has 0 saturated carbocycles. The van der Waals surface area contributed by atoms with Crippen LogP contribution in [0.25, 0.3) is 5.82 Å². The summed E-state index contributed by atoms with van der Waals surface area (Å²) in [5, 5.41) is 4.10. The number of hydrogen-bond acceptors (Lipinski definition) is 6. The highest BCUT2D eigenvalue weighted by molar-refractivity contribution is 5.86. The van der Waals surface area contributed by atoms with Gasteiger partial charge in [0.05, 0.1) is 20.3 Å². The molecule has 0 unspecified atom stereocenters. The van der Waals surface area contributed by atoms with Gasteiger partial charge in [0, 0.05) is 18.0 Å². The maximum atomic E-state index is 11.3. The van der Waals surface area contributed by atoms with Gasteiger partial charge in [0.15, 0.2) is 17.8 Å². The van der Waals surface area contributed by atoms with Crippen LogP contribution < -0.4 is 0 Å². The number of nitrogens with zero attached hydrogens (tertiary/aromatic N) is 3. The lowest BCUT2D eigenvalue weighted by Gasteiger charge is -2.09. The molecule has 7 heteroatoms. The molecule has 0 amide bonds. The Morgan fingerprint density at radius 3 is 2.80 bits per heavy atom. The van der Waals surface area contributed by atoms with Crippen molar-refractivity contribution in [3.63, 3.8) is 0 Å². The quantitative estimate of drug-likeness (QED) is 0.781. The highest BCUT2D eigenvalue weighted by Gasteiger charge is 2.18.